The molecule has 0 fully saturated rings. The first-order valence-corrected chi connectivity index (χ1v) is 7.38. The van der Waals surface area contributed by atoms with Gasteiger partial charge in [-0.3, -0.25) is 0 Å². The molecule has 1 N–H and O–H groups in total. The van der Waals surface area contributed by atoms with Crippen LogP contribution < -0.4 is 0 Å². The normalized spacial score (nSPS) is 10.8. The second-order valence-electron chi connectivity index (χ2n) is 5.11. The molecule has 0 unspecified atom stereocenters. The van der Waals surface area contributed by atoms with Crippen molar-refractivity contribution in [2.45, 2.75) is 0 Å². The summed E-state index contributed by atoms with van der Waals surface area (Å²) in [6, 6.07) is 21.7. The summed E-state index contributed by atoms with van der Waals surface area (Å²) in [6.07, 6.45) is 3.86. The summed E-state index contributed by atoms with van der Waals surface area (Å²) in [6.45, 7) is 0. The standard InChI is InChI=1S/C20H17NO2/c1-23-20(22)17-14-19(16-10-6-3-7-11-16)21-18(17)13-12-15-8-4-2-5-9-15/h2-14,21H,1H3/b13-12+. The van der Waals surface area contributed by atoms with Gasteiger partial charge >= 0.3 is 5.97 Å². The fourth-order valence-electron chi connectivity index (χ4n) is 2.40. The molecule has 0 aliphatic carbocycles. The van der Waals surface area contributed by atoms with Gasteiger partial charge in [0.05, 0.1) is 18.4 Å². The first-order valence-electron chi connectivity index (χ1n) is 7.38. The van der Waals surface area contributed by atoms with Crippen molar-refractivity contribution in [1.29, 1.82) is 0 Å². The van der Waals surface area contributed by atoms with Gasteiger partial charge in [-0.2, -0.15) is 0 Å². The van der Waals surface area contributed by atoms with Crippen LogP contribution in [0.1, 0.15) is 21.6 Å². The van der Waals surface area contributed by atoms with Gasteiger partial charge < -0.3 is 9.72 Å². The lowest BCUT2D eigenvalue weighted by Gasteiger charge is -1.97. The van der Waals surface area contributed by atoms with Crippen LogP contribution in [0.3, 0.4) is 0 Å². The van der Waals surface area contributed by atoms with E-state index in [1.54, 1.807) is 0 Å². The minimum absolute atomic E-state index is 0.351. The summed E-state index contributed by atoms with van der Waals surface area (Å²) < 4.78 is 4.89. The lowest BCUT2D eigenvalue weighted by atomic mass is 10.1. The second-order valence-corrected chi connectivity index (χ2v) is 5.11. The van der Waals surface area contributed by atoms with Crippen molar-refractivity contribution < 1.29 is 9.53 Å². The van der Waals surface area contributed by atoms with E-state index in [1.807, 2.05) is 78.9 Å². The third-order valence-electron chi connectivity index (χ3n) is 3.58. The summed E-state index contributed by atoms with van der Waals surface area (Å²) in [5, 5.41) is 0. The highest BCUT2D eigenvalue weighted by Crippen LogP contribution is 2.24. The fourth-order valence-corrected chi connectivity index (χ4v) is 2.40. The SMILES string of the molecule is COC(=O)c1cc(-c2ccccc2)[nH]c1/C=C/c1ccccc1. The first-order chi connectivity index (χ1) is 11.3. The maximum atomic E-state index is 12.0. The number of nitrogens with one attached hydrogen (secondary N) is 1. The number of benzene rings is 2. The van der Waals surface area contributed by atoms with Gasteiger partial charge in [-0.15, -0.1) is 0 Å². The van der Waals surface area contributed by atoms with Crippen molar-refractivity contribution in [2.24, 2.45) is 0 Å². The largest absolute Gasteiger partial charge is 0.465 e. The van der Waals surface area contributed by atoms with Crippen LogP contribution in [0.4, 0.5) is 0 Å². The van der Waals surface area contributed by atoms with Crippen LogP contribution in [0.5, 0.6) is 0 Å². The second kappa shape index (κ2) is 6.79. The van der Waals surface area contributed by atoms with E-state index in [0.29, 0.717) is 5.56 Å². The van der Waals surface area contributed by atoms with E-state index in [0.717, 1.165) is 22.5 Å². The molecule has 0 amide bonds. The van der Waals surface area contributed by atoms with Crippen LogP contribution in [-0.2, 0) is 4.74 Å². The van der Waals surface area contributed by atoms with Crippen LogP contribution in [0.2, 0.25) is 0 Å². The molecule has 3 aromatic rings. The molecule has 0 saturated carbocycles. The molecule has 23 heavy (non-hydrogen) atoms. The number of carbonyl (C=O) groups excluding carboxylic acids is 1. The van der Waals surface area contributed by atoms with Crippen molar-refractivity contribution in [1.82, 2.24) is 4.98 Å². The summed E-state index contributed by atoms with van der Waals surface area (Å²) in [5.41, 5.74) is 4.24. The Morgan fingerprint density at radius 1 is 0.957 bits per heavy atom. The Bertz CT molecular complexity index is 817. The van der Waals surface area contributed by atoms with Gasteiger partial charge in [0.2, 0.25) is 0 Å². The highest BCUT2D eigenvalue weighted by atomic mass is 16.5. The zero-order valence-corrected chi connectivity index (χ0v) is 12.8. The number of carbonyl (C=O) groups is 1. The Morgan fingerprint density at radius 2 is 1.61 bits per heavy atom. The Kier molecular flexibility index (Phi) is 4.39. The van der Waals surface area contributed by atoms with E-state index in [1.165, 1.54) is 7.11 Å². The Balaban J connectivity index is 1.99. The topological polar surface area (TPSA) is 42.1 Å². The van der Waals surface area contributed by atoms with Crippen LogP contribution in [0, 0.1) is 0 Å². The predicted molar refractivity (Wildman–Crippen MR) is 92.9 cm³/mol. The highest BCUT2D eigenvalue weighted by molar-refractivity contribution is 5.96. The molecular formula is C20H17NO2. The summed E-state index contributed by atoms with van der Waals surface area (Å²) in [4.78, 5) is 15.3. The summed E-state index contributed by atoms with van der Waals surface area (Å²) >= 11 is 0. The molecule has 0 atom stereocenters. The lowest BCUT2D eigenvalue weighted by Crippen LogP contribution is -2.01. The third-order valence-corrected chi connectivity index (χ3v) is 3.58. The molecule has 2 aromatic carbocycles. The molecule has 0 spiro atoms. The molecule has 3 rings (SSSR count). The summed E-state index contributed by atoms with van der Waals surface area (Å²) in [5.74, 6) is -0.351. The number of esters is 1. The molecule has 3 nitrogen and oxygen atoms in total. The average molecular weight is 303 g/mol. The van der Waals surface area contributed by atoms with E-state index in [9.17, 15) is 4.79 Å². The number of aromatic nitrogens is 1. The van der Waals surface area contributed by atoms with E-state index in [4.69, 9.17) is 4.74 Å². The molecule has 0 aliphatic rings. The van der Waals surface area contributed by atoms with E-state index >= 15 is 0 Å². The molecule has 1 heterocycles. The smallest absolute Gasteiger partial charge is 0.340 e. The van der Waals surface area contributed by atoms with Gasteiger partial charge in [-0.05, 0) is 23.3 Å². The zero-order chi connectivity index (χ0) is 16.1. The fraction of sp³-hybridized carbons (Fsp3) is 0.0500. The molecule has 0 aliphatic heterocycles. The van der Waals surface area contributed by atoms with Gasteiger partial charge in [-0.1, -0.05) is 66.7 Å². The average Bonchev–Trinajstić information content (AvgIpc) is 3.05. The van der Waals surface area contributed by atoms with E-state index in [2.05, 4.69) is 4.98 Å². The predicted octanol–water partition coefficient (Wildman–Crippen LogP) is 4.64. The Hall–Kier alpha value is -3.07. The third kappa shape index (κ3) is 3.40. The maximum absolute atomic E-state index is 12.0. The number of hydrogen-bond donors (Lipinski definition) is 1. The Morgan fingerprint density at radius 3 is 2.26 bits per heavy atom. The minimum Gasteiger partial charge on any atom is -0.465 e. The van der Waals surface area contributed by atoms with Crippen molar-refractivity contribution in [3.05, 3.63) is 83.6 Å². The van der Waals surface area contributed by atoms with Gasteiger partial charge in [0, 0.05) is 5.69 Å². The zero-order valence-electron chi connectivity index (χ0n) is 12.8. The maximum Gasteiger partial charge on any atom is 0.340 e. The minimum atomic E-state index is -0.351. The first kappa shape index (κ1) is 14.9. The van der Waals surface area contributed by atoms with Gasteiger partial charge in [-0.25, -0.2) is 4.79 Å². The number of methoxy groups -OCH3 is 1. The van der Waals surface area contributed by atoms with Crippen molar-refractivity contribution in [3.63, 3.8) is 0 Å². The monoisotopic (exact) mass is 303 g/mol. The van der Waals surface area contributed by atoms with Crippen LogP contribution >= 0.6 is 0 Å². The molecule has 1 aromatic heterocycles. The molecule has 0 radical (unpaired) electrons. The number of aromatic amines is 1. The van der Waals surface area contributed by atoms with Gasteiger partial charge in [0.15, 0.2) is 0 Å². The Labute approximate surface area is 135 Å². The van der Waals surface area contributed by atoms with E-state index in [-0.39, 0.29) is 5.97 Å². The van der Waals surface area contributed by atoms with Crippen molar-refractivity contribution in [2.75, 3.05) is 7.11 Å². The quantitative estimate of drug-likeness (QED) is 0.713. The lowest BCUT2D eigenvalue weighted by molar-refractivity contribution is 0.0601. The molecule has 0 saturated heterocycles. The van der Waals surface area contributed by atoms with Crippen LogP contribution in [0.25, 0.3) is 23.4 Å². The number of hydrogen-bond acceptors (Lipinski definition) is 2. The van der Waals surface area contributed by atoms with Crippen LogP contribution in [-0.4, -0.2) is 18.1 Å². The van der Waals surface area contributed by atoms with Gasteiger partial charge in [0.25, 0.3) is 0 Å². The van der Waals surface area contributed by atoms with Crippen molar-refractivity contribution in [3.8, 4) is 11.3 Å². The molecule has 3 heteroatoms. The molecule has 114 valence electrons. The number of H-pyrrole nitrogens is 1. The van der Waals surface area contributed by atoms with Crippen LogP contribution in [0.15, 0.2) is 66.7 Å². The van der Waals surface area contributed by atoms with Gasteiger partial charge in [0.1, 0.15) is 0 Å². The number of rotatable bonds is 4. The molecule has 0 bridgehead atoms. The number of ether oxygens (including phenoxy) is 1. The summed E-state index contributed by atoms with van der Waals surface area (Å²) in [7, 11) is 1.39. The highest BCUT2D eigenvalue weighted by Gasteiger charge is 2.15. The van der Waals surface area contributed by atoms with E-state index < -0.39 is 0 Å². The molecular weight excluding hydrogens is 286 g/mol. The van der Waals surface area contributed by atoms with Crippen molar-refractivity contribution >= 4 is 18.1 Å².